The van der Waals surface area contributed by atoms with Crippen LogP contribution in [0.2, 0.25) is 0 Å². The van der Waals surface area contributed by atoms with Crippen LogP contribution in [0.5, 0.6) is 0 Å². The molecule has 0 fully saturated rings. The predicted octanol–water partition coefficient (Wildman–Crippen LogP) is 2.82. The molecule has 4 nitrogen and oxygen atoms in total. The Hall–Kier alpha value is -2.31. The monoisotopic (exact) mass is 270 g/mol. The molecule has 0 amide bonds. The largest absolute Gasteiger partial charge is 0.417 e. The number of anilines is 1. The minimum absolute atomic E-state index is 0.0537. The van der Waals surface area contributed by atoms with E-state index in [2.05, 4.69) is 9.68 Å². The van der Waals surface area contributed by atoms with Crippen LogP contribution in [0.1, 0.15) is 27.4 Å². The Balaban J connectivity index is 2.54. The molecule has 1 heterocycles. The van der Waals surface area contributed by atoms with Crippen molar-refractivity contribution in [3.63, 3.8) is 0 Å². The molecule has 0 aliphatic heterocycles. The second-order valence-corrected chi connectivity index (χ2v) is 3.87. The zero-order valence-corrected chi connectivity index (χ0v) is 9.78. The fourth-order valence-electron chi connectivity index (χ4n) is 1.60. The number of aryl methyl sites for hydroxylation is 1. The van der Waals surface area contributed by atoms with E-state index in [4.69, 9.17) is 5.73 Å². The van der Waals surface area contributed by atoms with Crippen LogP contribution < -0.4 is 5.73 Å². The number of hydrogen-bond acceptors (Lipinski definition) is 4. The van der Waals surface area contributed by atoms with Gasteiger partial charge in [-0.3, -0.25) is 4.79 Å². The molecule has 0 bridgehead atoms. The Bertz CT molecular complexity index is 632. The van der Waals surface area contributed by atoms with Gasteiger partial charge >= 0.3 is 6.18 Å². The lowest BCUT2D eigenvalue weighted by molar-refractivity contribution is -0.137. The number of halogens is 3. The molecule has 1 aromatic carbocycles. The summed E-state index contributed by atoms with van der Waals surface area (Å²) < 4.78 is 43.1. The summed E-state index contributed by atoms with van der Waals surface area (Å²) in [6, 6.07) is 4.45. The van der Waals surface area contributed by atoms with E-state index in [-0.39, 0.29) is 17.1 Å². The van der Waals surface area contributed by atoms with Crippen LogP contribution in [0.3, 0.4) is 0 Å². The fraction of sp³-hybridized carbons (Fsp3) is 0.167. The molecule has 0 aliphatic carbocycles. The van der Waals surface area contributed by atoms with Crippen molar-refractivity contribution in [3.05, 3.63) is 46.8 Å². The van der Waals surface area contributed by atoms with Crippen LogP contribution in [0, 0.1) is 6.92 Å². The summed E-state index contributed by atoms with van der Waals surface area (Å²) in [4.78, 5) is 12.0. The highest BCUT2D eigenvalue weighted by atomic mass is 19.4. The van der Waals surface area contributed by atoms with Gasteiger partial charge in [0.1, 0.15) is 5.69 Å². The van der Waals surface area contributed by atoms with E-state index in [0.29, 0.717) is 0 Å². The van der Waals surface area contributed by atoms with Gasteiger partial charge in [-0.25, -0.2) is 0 Å². The maximum atomic E-state index is 12.8. The number of aromatic nitrogens is 1. The van der Waals surface area contributed by atoms with E-state index in [1.807, 2.05) is 0 Å². The summed E-state index contributed by atoms with van der Waals surface area (Å²) in [5.74, 6) is -0.727. The minimum Gasteiger partial charge on any atom is -0.394 e. The lowest BCUT2D eigenvalue weighted by Gasteiger charge is -2.10. The lowest BCUT2D eigenvalue weighted by atomic mass is 10.0. The van der Waals surface area contributed by atoms with Gasteiger partial charge in [-0.15, -0.1) is 0 Å². The Morgan fingerprint density at radius 2 is 1.95 bits per heavy atom. The van der Waals surface area contributed by atoms with Gasteiger partial charge in [0.25, 0.3) is 0 Å². The zero-order chi connectivity index (χ0) is 14.2. The maximum Gasteiger partial charge on any atom is 0.417 e. The molecule has 0 atom stereocenters. The molecule has 100 valence electrons. The van der Waals surface area contributed by atoms with Crippen LogP contribution >= 0.6 is 0 Å². The van der Waals surface area contributed by atoms with E-state index in [1.54, 1.807) is 0 Å². The normalized spacial score (nSPS) is 11.6. The molecule has 0 unspecified atom stereocenters. The summed E-state index contributed by atoms with van der Waals surface area (Å²) in [5, 5.41) is 3.40. The number of benzene rings is 1. The molecule has 0 radical (unpaired) electrons. The minimum atomic E-state index is -4.63. The van der Waals surface area contributed by atoms with Crippen LogP contribution in [-0.2, 0) is 6.18 Å². The van der Waals surface area contributed by atoms with Gasteiger partial charge in [-0.2, -0.15) is 13.2 Å². The van der Waals surface area contributed by atoms with Crippen molar-refractivity contribution < 1.29 is 22.5 Å². The average Bonchev–Trinajstić information content (AvgIpc) is 2.68. The third-order valence-electron chi connectivity index (χ3n) is 2.60. The van der Waals surface area contributed by atoms with E-state index >= 15 is 0 Å². The molecule has 2 N–H and O–H groups in total. The third-order valence-corrected chi connectivity index (χ3v) is 2.60. The topological polar surface area (TPSA) is 69.1 Å². The highest BCUT2D eigenvalue weighted by Gasteiger charge is 2.36. The van der Waals surface area contributed by atoms with Crippen molar-refractivity contribution in [1.82, 2.24) is 5.16 Å². The van der Waals surface area contributed by atoms with Crippen molar-refractivity contribution in [1.29, 1.82) is 0 Å². The second-order valence-electron chi connectivity index (χ2n) is 3.87. The van der Waals surface area contributed by atoms with Gasteiger partial charge in [0.2, 0.25) is 5.78 Å². The van der Waals surface area contributed by atoms with Crippen LogP contribution in [0.25, 0.3) is 0 Å². The standard InChI is InChI=1S/C12H9F3N2O2/c1-6-9(16)10(17-19-6)11(18)7-4-2-3-5-8(7)12(13,14)15/h2-5H,16H2,1H3. The number of rotatable bonds is 2. The highest BCUT2D eigenvalue weighted by molar-refractivity contribution is 6.11. The van der Waals surface area contributed by atoms with Gasteiger partial charge in [-0.1, -0.05) is 23.4 Å². The van der Waals surface area contributed by atoms with Gasteiger partial charge in [-0.05, 0) is 13.0 Å². The van der Waals surface area contributed by atoms with Gasteiger partial charge in [0.15, 0.2) is 11.5 Å². The van der Waals surface area contributed by atoms with E-state index in [0.717, 1.165) is 12.1 Å². The molecule has 19 heavy (non-hydrogen) atoms. The molecule has 0 spiro atoms. The Morgan fingerprint density at radius 1 is 1.32 bits per heavy atom. The van der Waals surface area contributed by atoms with Crippen molar-refractivity contribution in [2.45, 2.75) is 13.1 Å². The maximum absolute atomic E-state index is 12.8. The Morgan fingerprint density at radius 3 is 2.47 bits per heavy atom. The number of nitrogen functional groups attached to an aromatic ring is 1. The SMILES string of the molecule is Cc1onc(C(=O)c2ccccc2C(F)(F)F)c1N. The quantitative estimate of drug-likeness (QED) is 0.852. The summed E-state index contributed by atoms with van der Waals surface area (Å²) in [5.41, 5.74) is 3.64. The van der Waals surface area contributed by atoms with E-state index < -0.39 is 23.1 Å². The number of carbonyl (C=O) groups is 1. The Kier molecular flexibility index (Phi) is 3.05. The summed E-state index contributed by atoms with van der Waals surface area (Å²) in [6.45, 7) is 1.47. The molecule has 2 aromatic rings. The van der Waals surface area contributed by atoms with E-state index in [1.165, 1.54) is 19.1 Å². The predicted molar refractivity (Wildman–Crippen MR) is 60.5 cm³/mol. The van der Waals surface area contributed by atoms with E-state index in [9.17, 15) is 18.0 Å². The summed E-state index contributed by atoms with van der Waals surface area (Å²) >= 11 is 0. The summed E-state index contributed by atoms with van der Waals surface area (Å²) in [7, 11) is 0. The molecular weight excluding hydrogens is 261 g/mol. The van der Waals surface area contributed by atoms with Gasteiger partial charge in [0.05, 0.1) is 5.56 Å². The first-order chi connectivity index (χ1) is 8.82. The molecule has 0 saturated carbocycles. The molecular formula is C12H9F3N2O2. The Labute approximate surface area is 106 Å². The first-order valence-electron chi connectivity index (χ1n) is 5.25. The number of hydrogen-bond donors (Lipinski definition) is 1. The molecule has 0 saturated heterocycles. The van der Waals surface area contributed by atoms with Crippen LogP contribution in [0.4, 0.5) is 18.9 Å². The smallest absolute Gasteiger partial charge is 0.394 e. The third kappa shape index (κ3) is 2.31. The van der Waals surface area contributed by atoms with Crippen molar-refractivity contribution in [2.75, 3.05) is 5.73 Å². The molecule has 7 heteroatoms. The molecule has 0 aliphatic rings. The van der Waals surface area contributed by atoms with Crippen molar-refractivity contribution in [2.24, 2.45) is 0 Å². The van der Waals surface area contributed by atoms with Gasteiger partial charge in [0, 0.05) is 5.56 Å². The van der Waals surface area contributed by atoms with Crippen LogP contribution in [-0.4, -0.2) is 10.9 Å². The molecule has 2 rings (SSSR count). The zero-order valence-electron chi connectivity index (χ0n) is 9.78. The summed E-state index contributed by atoms with van der Waals surface area (Å²) in [6.07, 6.45) is -4.63. The number of carbonyl (C=O) groups excluding carboxylic acids is 1. The van der Waals surface area contributed by atoms with Gasteiger partial charge < -0.3 is 10.3 Å². The van der Waals surface area contributed by atoms with Crippen LogP contribution in [0.15, 0.2) is 28.8 Å². The number of alkyl halides is 3. The second kappa shape index (κ2) is 4.42. The first kappa shape index (κ1) is 13.1. The van der Waals surface area contributed by atoms with Crippen molar-refractivity contribution in [3.8, 4) is 0 Å². The van der Waals surface area contributed by atoms with Crippen molar-refractivity contribution >= 4 is 11.5 Å². The number of ketones is 1. The number of nitrogens with two attached hydrogens (primary N) is 1. The first-order valence-corrected chi connectivity index (χ1v) is 5.25. The number of nitrogens with zero attached hydrogens (tertiary/aromatic N) is 1. The highest BCUT2D eigenvalue weighted by Crippen LogP contribution is 2.33. The fourth-order valence-corrected chi connectivity index (χ4v) is 1.60. The lowest BCUT2D eigenvalue weighted by Crippen LogP contribution is -2.14. The molecule has 1 aromatic heterocycles. The average molecular weight is 270 g/mol.